The molecule has 1 aliphatic rings. The largest absolute Gasteiger partial charge is 0.418 e. The second-order valence-corrected chi connectivity index (χ2v) is 8.26. The molecule has 35 heavy (non-hydrogen) atoms. The molecule has 0 unspecified atom stereocenters. The van der Waals surface area contributed by atoms with Crippen molar-refractivity contribution in [1.82, 2.24) is 20.1 Å². The summed E-state index contributed by atoms with van der Waals surface area (Å²) in [6.45, 7) is 1.47. The first kappa shape index (κ1) is 24.4. The third kappa shape index (κ3) is 5.86. The van der Waals surface area contributed by atoms with Gasteiger partial charge in [0.1, 0.15) is 6.04 Å². The lowest BCUT2D eigenvalue weighted by Crippen LogP contribution is -2.52. The summed E-state index contributed by atoms with van der Waals surface area (Å²) in [5, 5.41) is 2.99. The Morgan fingerprint density at radius 1 is 0.914 bits per heavy atom. The van der Waals surface area contributed by atoms with E-state index in [-0.39, 0.29) is 19.0 Å². The van der Waals surface area contributed by atoms with Gasteiger partial charge in [-0.3, -0.25) is 19.5 Å². The third-order valence-corrected chi connectivity index (χ3v) is 6.00. The summed E-state index contributed by atoms with van der Waals surface area (Å²) in [4.78, 5) is 33.0. The van der Waals surface area contributed by atoms with Gasteiger partial charge in [-0.05, 0) is 17.2 Å². The summed E-state index contributed by atoms with van der Waals surface area (Å²) >= 11 is 0. The minimum atomic E-state index is -4.67. The van der Waals surface area contributed by atoms with Gasteiger partial charge in [0.25, 0.3) is 5.91 Å². The number of halogens is 3. The van der Waals surface area contributed by atoms with E-state index in [4.69, 9.17) is 0 Å². The van der Waals surface area contributed by atoms with Crippen LogP contribution in [0.1, 0.15) is 33.1 Å². The maximum absolute atomic E-state index is 13.4. The molecular formula is C26H25F3N4O2. The van der Waals surface area contributed by atoms with Crippen LogP contribution in [0, 0.1) is 0 Å². The van der Waals surface area contributed by atoms with E-state index < -0.39 is 29.3 Å². The van der Waals surface area contributed by atoms with Crippen molar-refractivity contribution in [2.24, 2.45) is 0 Å². The fourth-order valence-electron chi connectivity index (χ4n) is 4.21. The van der Waals surface area contributed by atoms with Gasteiger partial charge in [0.2, 0.25) is 5.91 Å². The zero-order valence-electron chi connectivity index (χ0n) is 18.9. The van der Waals surface area contributed by atoms with E-state index in [0.717, 1.165) is 17.2 Å². The second kappa shape index (κ2) is 10.7. The summed E-state index contributed by atoms with van der Waals surface area (Å²) in [6.07, 6.45) is -2.82. The highest BCUT2D eigenvalue weighted by molar-refractivity contribution is 5.95. The van der Waals surface area contributed by atoms with Gasteiger partial charge in [0.15, 0.2) is 0 Å². The molecule has 1 aliphatic heterocycles. The summed E-state index contributed by atoms with van der Waals surface area (Å²) in [5.74, 6) is -0.863. The third-order valence-electron chi connectivity index (χ3n) is 6.00. The van der Waals surface area contributed by atoms with Crippen molar-refractivity contribution in [3.05, 3.63) is 101 Å². The first-order valence-corrected chi connectivity index (χ1v) is 11.3. The van der Waals surface area contributed by atoms with Crippen LogP contribution in [0.2, 0.25) is 0 Å². The van der Waals surface area contributed by atoms with E-state index in [1.165, 1.54) is 11.1 Å². The number of carbonyl (C=O) groups excluding carboxylic acids is 2. The summed E-state index contributed by atoms with van der Waals surface area (Å²) in [7, 11) is 0. The lowest BCUT2D eigenvalue weighted by atomic mass is 10.0. The summed E-state index contributed by atoms with van der Waals surface area (Å²) in [5.41, 5.74) is 0.322. The number of nitrogens with one attached hydrogen (secondary N) is 1. The Hall–Kier alpha value is -3.72. The molecule has 0 radical (unpaired) electrons. The van der Waals surface area contributed by atoms with Gasteiger partial charge in [-0.1, -0.05) is 60.7 Å². The predicted octanol–water partition coefficient (Wildman–Crippen LogP) is 3.92. The molecule has 4 rings (SSSR count). The average Bonchev–Trinajstić information content (AvgIpc) is 2.88. The molecule has 2 amide bonds. The molecule has 1 fully saturated rings. The molecule has 6 nitrogen and oxygen atoms in total. The first-order chi connectivity index (χ1) is 16.8. The molecule has 0 spiro atoms. The normalized spacial score (nSPS) is 15.5. The van der Waals surface area contributed by atoms with E-state index in [9.17, 15) is 22.8 Å². The number of carbonyl (C=O) groups is 2. The Morgan fingerprint density at radius 3 is 2.17 bits per heavy atom. The first-order valence-electron chi connectivity index (χ1n) is 11.3. The number of hydrogen-bond acceptors (Lipinski definition) is 4. The van der Waals surface area contributed by atoms with Crippen molar-refractivity contribution in [3.63, 3.8) is 0 Å². The highest BCUT2D eigenvalue weighted by atomic mass is 19.4. The van der Waals surface area contributed by atoms with E-state index in [2.05, 4.69) is 10.3 Å². The molecule has 9 heteroatoms. The Kier molecular flexibility index (Phi) is 7.45. The van der Waals surface area contributed by atoms with Crippen LogP contribution in [0.5, 0.6) is 0 Å². The van der Waals surface area contributed by atoms with Crippen LogP contribution in [-0.2, 0) is 17.5 Å². The van der Waals surface area contributed by atoms with E-state index >= 15 is 0 Å². The smallest absolute Gasteiger partial charge is 0.350 e. The topological polar surface area (TPSA) is 65.5 Å². The van der Waals surface area contributed by atoms with E-state index in [1.54, 1.807) is 0 Å². The molecule has 3 aromatic rings. The Balaban J connectivity index is 1.47. The van der Waals surface area contributed by atoms with Gasteiger partial charge in [0.05, 0.1) is 11.1 Å². The summed E-state index contributed by atoms with van der Waals surface area (Å²) < 4.78 is 40.1. The quantitative estimate of drug-likeness (QED) is 0.579. The van der Waals surface area contributed by atoms with Crippen LogP contribution in [0.3, 0.4) is 0 Å². The van der Waals surface area contributed by atoms with E-state index in [0.29, 0.717) is 25.8 Å². The zero-order chi connectivity index (χ0) is 24.8. The highest BCUT2D eigenvalue weighted by Crippen LogP contribution is 2.32. The summed E-state index contributed by atoms with van der Waals surface area (Å²) in [6, 6.07) is 19.4. The number of nitrogens with zero attached hydrogens (tertiary/aromatic N) is 3. The zero-order valence-corrected chi connectivity index (χ0v) is 18.9. The number of amides is 2. The van der Waals surface area contributed by atoms with Crippen molar-refractivity contribution in [1.29, 1.82) is 0 Å². The Morgan fingerprint density at radius 2 is 1.54 bits per heavy atom. The standard InChI is InChI=1S/C26H25F3N4O2/c27-26(28,29)22-18-30-12-11-21(22)25(35)33-15-13-32(14-16-33)23(20-9-5-2-6-10-20)24(34)31-17-19-7-3-1-4-8-19/h1-12,18,23H,13-17H2,(H,31,34)/t23-/m0/s1. The fourth-order valence-corrected chi connectivity index (χ4v) is 4.21. The van der Waals surface area contributed by atoms with Crippen LogP contribution < -0.4 is 5.32 Å². The SMILES string of the molecule is O=C(NCc1ccccc1)[C@H](c1ccccc1)N1CCN(C(=O)c2ccncc2C(F)(F)F)CC1. The number of benzene rings is 2. The highest BCUT2D eigenvalue weighted by Gasteiger charge is 2.38. The molecular weight excluding hydrogens is 457 g/mol. The number of alkyl halides is 3. The maximum atomic E-state index is 13.4. The maximum Gasteiger partial charge on any atom is 0.418 e. The molecule has 0 saturated carbocycles. The average molecular weight is 483 g/mol. The molecule has 182 valence electrons. The van der Waals surface area contributed by atoms with E-state index in [1.807, 2.05) is 65.6 Å². The lowest BCUT2D eigenvalue weighted by Gasteiger charge is -2.39. The minimum Gasteiger partial charge on any atom is -0.350 e. The van der Waals surface area contributed by atoms with Crippen molar-refractivity contribution < 1.29 is 22.8 Å². The molecule has 0 aliphatic carbocycles. The van der Waals surface area contributed by atoms with Crippen molar-refractivity contribution >= 4 is 11.8 Å². The van der Waals surface area contributed by atoms with Crippen molar-refractivity contribution in [3.8, 4) is 0 Å². The van der Waals surface area contributed by atoms with Crippen LogP contribution in [0.25, 0.3) is 0 Å². The van der Waals surface area contributed by atoms with Gasteiger partial charge in [-0.2, -0.15) is 13.2 Å². The Labute approximate surface area is 201 Å². The number of rotatable bonds is 6. The second-order valence-electron chi connectivity index (χ2n) is 8.26. The molecule has 1 atom stereocenters. The van der Waals surface area contributed by atoms with Crippen LogP contribution in [0.15, 0.2) is 79.1 Å². The molecule has 1 saturated heterocycles. The van der Waals surface area contributed by atoms with Gasteiger partial charge in [-0.15, -0.1) is 0 Å². The van der Waals surface area contributed by atoms with Gasteiger partial charge in [-0.25, -0.2) is 0 Å². The van der Waals surface area contributed by atoms with Gasteiger partial charge >= 0.3 is 6.18 Å². The van der Waals surface area contributed by atoms with Gasteiger partial charge < -0.3 is 10.2 Å². The minimum absolute atomic E-state index is 0.173. The lowest BCUT2D eigenvalue weighted by molar-refractivity contribution is -0.138. The number of aromatic nitrogens is 1. The molecule has 1 N–H and O–H groups in total. The van der Waals surface area contributed by atoms with Crippen LogP contribution in [-0.4, -0.2) is 52.8 Å². The van der Waals surface area contributed by atoms with Crippen molar-refractivity contribution in [2.45, 2.75) is 18.8 Å². The van der Waals surface area contributed by atoms with Crippen LogP contribution in [0.4, 0.5) is 13.2 Å². The Bertz CT molecular complexity index is 1150. The molecule has 1 aromatic heterocycles. The fraction of sp³-hybridized carbons (Fsp3) is 0.269. The van der Waals surface area contributed by atoms with Crippen molar-refractivity contribution in [2.75, 3.05) is 26.2 Å². The predicted molar refractivity (Wildman–Crippen MR) is 124 cm³/mol. The molecule has 2 aromatic carbocycles. The monoisotopic (exact) mass is 482 g/mol. The number of pyridine rings is 1. The van der Waals surface area contributed by atoms with Crippen LogP contribution >= 0.6 is 0 Å². The van der Waals surface area contributed by atoms with Gasteiger partial charge in [0, 0.05) is 45.1 Å². The molecule has 2 heterocycles. The number of hydrogen-bond donors (Lipinski definition) is 1. The molecule has 0 bridgehead atoms. The number of piperazine rings is 1.